The van der Waals surface area contributed by atoms with Crippen molar-refractivity contribution < 1.29 is 29.2 Å². The number of ether oxygens (including phenoxy) is 3. The number of aliphatic hydroxyl groups is 2. The van der Waals surface area contributed by atoms with Gasteiger partial charge in [0.05, 0.1) is 30.8 Å². The predicted molar refractivity (Wildman–Crippen MR) is 151 cm³/mol. The highest BCUT2D eigenvalue weighted by molar-refractivity contribution is 6.06. The van der Waals surface area contributed by atoms with Crippen LogP contribution in [0.1, 0.15) is 54.0 Å². The Balaban J connectivity index is 1.38. The van der Waals surface area contributed by atoms with Crippen LogP contribution in [0.15, 0.2) is 60.7 Å². The molecule has 1 aliphatic heterocycles. The molecule has 1 saturated carbocycles. The normalized spacial score (nSPS) is 36.1. The first-order valence-electron chi connectivity index (χ1n) is 14.2. The molecule has 0 aromatic heterocycles. The molecule has 1 spiro atoms. The fourth-order valence-corrected chi connectivity index (χ4v) is 7.92. The summed E-state index contributed by atoms with van der Waals surface area (Å²) in [6, 6.07) is 18.1. The van der Waals surface area contributed by atoms with E-state index in [0.717, 1.165) is 45.2 Å². The van der Waals surface area contributed by atoms with Gasteiger partial charge in [-0.3, -0.25) is 4.79 Å². The van der Waals surface area contributed by atoms with E-state index in [1.807, 2.05) is 36.4 Å². The predicted octanol–water partition coefficient (Wildman–Crippen LogP) is 4.00. The third-order valence-corrected chi connectivity index (χ3v) is 9.86. The van der Waals surface area contributed by atoms with Crippen molar-refractivity contribution in [3.05, 3.63) is 82.9 Å². The van der Waals surface area contributed by atoms with Crippen molar-refractivity contribution in [2.75, 3.05) is 14.2 Å². The van der Waals surface area contributed by atoms with Crippen LogP contribution in [-0.2, 0) is 19.7 Å². The van der Waals surface area contributed by atoms with Crippen molar-refractivity contribution in [1.82, 2.24) is 5.32 Å². The smallest absolute Gasteiger partial charge is 0.176 e. The fourth-order valence-electron chi connectivity index (χ4n) is 7.92. The Hall–Kier alpha value is -3.07. The van der Waals surface area contributed by atoms with Gasteiger partial charge < -0.3 is 29.7 Å². The van der Waals surface area contributed by atoms with Crippen LogP contribution >= 0.6 is 0 Å². The van der Waals surface area contributed by atoms with E-state index in [1.165, 1.54) is 0 Å². The number of hydrogen-bond acceptors (Lipinski definition) is 7. The van der Waals surface area contributed by atoms with Crippen LogP contribution in [0, 0.1) is 5.92 Å². The average Bonchev–Trinajstić information content (AvgIpc) is 3.49. The van der Waals surface area contributed by atoms with E-state index in [4.69, 9.17) is 14.2 Å². The molecule has 0 unspecified atom stereocenters. The molecule has 208 valence electrons. The van der Waals surface area contributed by atoms with Gasteiger partial charge in [-0.05, 0) is 90.0 Å². The van der Waals surface area contributed by atoms with E-state index < -0.39 is 36.1 Å². The molecule has 0 radical (unpaired) electrons. The molecule has 1 heterocycles. The summed E-state index contributed by atoms with van der Waals surface area (Å²) >= 11 is 0. The standard InChI is InChI=1S/C33H35NO6/c1-17-29(36)30(37)28(34-2)32(39-17)40-31-22-12-13-33(25-16-21(38-3)10-8-18(25)9-11-26(33)35)27(22)23-14-19-6-4-5-7-20(19)15-24(23)31/h4-11,14-17,22,27-32,34,36-37H,12-13H2,1-3H3/t17-,22-,27+,28-,29+,30-,31+,32-,33-/m1/s1. The Bertz CT molecular complexity index is 1520. The Morgan fingerprint density at radius 1 is 1.00 bits per heavy atom. The monoisotopic (exact) mass is 541 g/mol. The largest absolute Gasteiger partial charge is 0.497 e. The fraction of sp³-hybridized carbons (Fsp3) is 0.424. The molecule has 7 nitrogen and oxygen atoms in total. The molecule has 9 atom stereocenters. The second-order valence-electron chi connectivity index (χ2n) is 11.7. The maximum absolute atomic E-state index is 14.0. The lowest BCUT2D eigenvalue weighted by atomic mass is 9.63. The lowest BCUT2D eigenvalue weighted by Crippen LogP contribution is -2.62. The van der Waals surface area contributed by atoms with Gasteiger partial charge in [-0.15, -0.1) is 0 Å². The van der Waals surface area contributed by atoms with Crippen molar-refractivity contribution in [2.24, 2.45) is 5.92 Å². The van der Waals surface area contributed by atoms with Crippen LogP contribution in [0.3, 0.4) is 0 Å². The zero-order valence-electron chi connectivity index (χ0n) is 22.9. The minimum absolute atomic E-state index is 0.0294. The molecule has 7 heteroatoms. The van der Waals surface area contributed by atoms with E-state index in [2.05, 4.69) is 29.6 Å². The van der Waals surface area contributed by atoms with Gasteiger partial charge >= 0.3 is 0 Å². The highest BCUT2D eigenvalue weighted by Crippen LogP contribution is 2.65. The molecule has 40 heavy (non-hydrogen) atoms. The number of methoxy groups -OCH3 is 1. The maximum atomic E-state index is 14.0. The number of rotatable bonds is 4. The topological polar surface area (TPSA) is 97.3 Å². The first-order valence-corrected chi connectivity index (χ1v) is 14.2. The van der Waals surface area contributed by atoms with E-state index in [9.17, 15) is 15.0 Å². The average molecular weight is 542 g/mol. The van der Waals surface area contributed by atoms with Gasteiger partial charge in [0.15, 0.2) is 12.1 Å². The number of aliphatic hydroxyl groups excluding tert-OH is 2. The summed E-state index contributed by atoms with van der Waals surface area (Å²) in [6.45, 7) is 1.75. The molecule has 3 N–H and O–H groups in total. The number of likely N-dealkylation sites (N-methyl/N-ethyl adjacent to an activating group) is 1. The first-order chi connectivity index (χ1) is 19.4. The maximum Gasteiger partial charge on any atom is 0.176 e. The van der Waals surface area contributed by atoms with Crippen LogP contribution in [0.4, 0.5) is 0 Å². The van der Waals surface area contributed by atoms with Crippen LogP contribution in [0.25, 0.3) is 16.8 Å². The zero-order chi connectivity index (χ0) is 27.8. The number of fused-ring (bicyclic) bond motifs is 7. The number of benzene rings is 3. The lowest BCUT2D eigenvalue weighted by molar-refractivity contribution is -0.278. The number of ketones is 1. The van der Waals surface area contributed by atoms with E-state index in [0.29, 0.717) is 6.42 Å². The first kappa shape index (κ1) is 25.9. The Kier molecular flexibility index (Phi) is 6.14. The van der Waals surface area contributed by atoms with Gasteiger partial charge in [0.2, 0.25) is 0 Å². The number of carbonyl (C=O) groups excluding carboxylic acids is 1. The van der Waals surface area contributed by atoms with Gasteiger partial charge in [0.25, 0.3) is 0 Å². The van der Waals surface area contributed by atoms with Gasteiger partial charge in [-0.1, -0.05) is 42.5 Å². The molecule has 7 rings (SSSR count). The number of nitrogens with one attached hydrogen (secondary N) is 1. The molecule has 3 aromatic carbocycles. The second-order valence-corrected chi connectivity index (χ2v) is 11.7. The van der Waals surface area contributed by atoms with Crippen molar-refractivity contribution in [1.29, 1.82) is 0 Å². The SMILES string of the molecule is CN[C@H]1[C@@H](O[C@@H]2c3cc4ccccc4cc3[C@@H]3[C@H]2CC[C@@]32C(=O)C=Cc3ccc(OC)cc32)O[C@H](C)[C@H](O)[C@@H]1O. The van der Waals surface area contributed by atoms with Crippen molar-refractivity contribution in [3.8, 4) is 5.75 Å². The summed E-state index contributed by atoms with van der Waals surface area (Å²) < 4.78 is 18.6. The van der Waals surface area contributed by atoms with Gasteiger partial charge in [0.1, 0.15) is 18.0 Å². The second kappa shape index (κ2) is 9.50. The summed E-state index contributed by atoms with van der Waals surface area (Å²) in [6.07, 6.45) is 1.42. The van der Waals surface area contributed by atoms with E-state index >= 15 is 0 Å². The minimum Gasteiger partial charge on any atom is -0.497 e. The molecule has 2 fully saturated rings. The molecule has 3 aromatic rings. The molecule has 3 aliphatic carbocycles. The summed E-state index contributed by atoms with van der Waals surface area (Å²) in [7, 11) is 3.39. The van der Waals surface area contributed by atoms with Gasteiger partial charge in [-0.2, -0.15) is 0 Å². The van der Waals surface area contributed by atoms with Gasteiger partial charge in [-0.25, -0.2) is 0 Å². The number of hydrogen-bond donors (Lipinski definition) is 3. The molecular formula is C33H35NO6. The number of carbonyl (C=O) groups is 1. The molecular weight excluding hydrogens is 506 g/mol. The van der Waals surface area contributed by atoms with Crippen LogP contribution in [0.2, 0.25) is 0 Å². The summed E-state index contributed by atoms with van der Waals surface area (Å²) in [4.78, 5) is 14.0. The van der Waals surface area contributed by atoms with E-state index in [-0.39, 0.29) is 23.7 Å². The van der Waals surface area contributed by atoms with Crippen molar-refractivity contribution in [2.45, 2.75) is 67.8 Å². The summed E-state index contributed by atoms with van der Waals surface area (Å²) in [5.41, 5.74) is 3.53. The number of allylic oxidation sites excluding steroid dienone is 1. The van der Waals surface area contributed by atoms with Crippen LogP contribution < -0.4 is 10.1 Å². The Morgan fingerprint density at radius 2 is 1.75 bits per heavy atom. The quantitative estimate of drug-likeness (QED) is 0.459. The van der Waals surface area contributed by atoms with Crippen molar-refractivity contribution in [3.63, 3.8) is 0 Å². The zero-order valence-corrected chi connectivity index (χ0v) is 22.9. The molecule has 4 aliphatic rings. The Morgan fingerprint density at radius 3 is 2.48 bits per heavy atom. The highest BCUT2D eigenvalue weighted by atomic mass is 16.7. The van der Waals surface area contributed by atoms with Gasteiger partial charge in [0, 0.05) is 5.92 Å². The summed E-state index contributed by atoms with van der Waals surface area (Å²) in [5.74, 6) is 0.796. The van der Waals surface area contributed by atoms with Crippen LogP contribution in [-0.4, -0.2) is 60.8 Å². The third kappa shape index (κ3) is 3.58. The molecule has 0 amide bonds. The van der Waals surface area contributed by atoms with E-state index in [1.54, 1.807) is 27.2 Å². The van der Waals surface area contributed by atoms with Crippen LogP contribution in [0.5, 0.6) is 5.75 Å². The molecule has 1 saturated heterocycles. The minimum atomic E-state index is -1.04. The van der Waals surface area contributed by atoms with Crippen molar-refractivity contribution >= 4 is 22.6 Å². The lowest BCUT2D eigenvalue weighted by Gasteiger charge is -2.43. The third-order valence-electron chi connectivity index (χ3n) is 9.86. The molecule has 0 bridgehead atoms. The highest BCUT2D eigenvalue weighted by Gasteiger charge is 2.62. The Labute approximate surface area is 233 Å². The summed E-state index contributed by atoms with van der Waals surface area (Å²) in [5, 5.41) is 26.6.